The highest BCUT2D eigenvalue weighted by molar-refractivity contribution is 5.90. The fourth-order valence-electron chi connectivity index (χ4n) is 1.22. The molecule has 0 aliphatic carbocycles. The molecule has 0 aromatic heterocycles. The van der Waals surface area contributed by atoms with Crippen LogP contribution in [0.2, 0.25) is 0 Å². The van der Waals surface area contributed by atoms with Crippen LogP contribution in [0.4, 0.5) is 23.2 Å². The first-order valence-electron chi connectivity index (χ1n) is 5.99. The molecule has 22 heavy (non-hydrogen) atoms. The molecule has 2 N–H and O–H groups in total. The molecule has 0 unspecified atom stereocenters. The van der Waals surface area contributed by atoms with Crippen molar-refractivity contribution in [1.29, 1.82) is 0 Å². The summed E-state index contributed by atoms with van der Waals surface area (Å²) in [6, 6.07) is 4.99. The number of hydrogen-bond acceptors (Lipinski definition) is 5. The van der Waals surface area contributed by atoms with Gasteiger partial charge in [0, 0.05) is 12.7 Å². The molecule has 122 valence electrons. The molecule has 0 saturated carbocycles. The Balaban J connectivity index is 2.39. The number of hydroxylamine groups is 1. The van der Waals surface area contributed by atoms with Crippen LogP contribution in [0.15, 0.2) is 29.4 Å². The zero-order valence-electron chi connectivity index (χ0n) is 11.4. The Kier molecular flexibility index (Phi) is 6.57. The molecule has 0 atom stereocenters. The van der Waals surface area contributed by atoms with E-state index in [0.717, 1.165) is 19.2 Å². The molecule has 0 radical (unpaired) electrons. The van der Waals surface area contributed by atoms with Crippen molar-refractivity contribution >= 4 is 17.5 Å². The standard InChI is InChI=1S/C12H13F4N3O3/c1-17-22-11(12(14,15)16)19-21-7-6-10(20)18-9-4-2-8(13)3-5-9/h2-5,17H,6-7H2,1H3,(H,18,20)/b19-11-. The minimum absolute atomic E-state index is 0.244. The number of hydrogen-bond donors (Lipinski definition) is 2. The number of carbonyl (C=O) groups is 1. The predicted octanol–water partition coefficient (Wildman–Crippen LogP) is 2.20. The van der Waals surface area contributed by atoms with Crippen molar-refractivity contribution in [3.63, 3.8) is 0 Å². The number of carbonyl (C=O) groups excluding carboxylic acids is 1. The molecule has 1 aromatic carbocycles. The number of halogens is 4. The van der Waals surface area contributed by atoms with E-state index in [1.165, 1.54) is 12.1 Å². The van der Waals surface area contributed by atoms with Crippen LogP contribution in [0.25, 0.3) is 0 Å². The summed E-state index contributed by atoms with van der Waals surface area (Å²) in [5.41, 5.74) is 2.17. The Morgan fingerprint density at radius 1 is 1.27 bits per heavy atom. The summed E-state index contributed by atoms with van der Waals surface area (Å²) in [6.07, 6.45) is -5.06. The van der Waals surface area contributed by atoms with Crippen molar-refractivity contribution in [2.24, 2.45) is 5.16 Å². The van der Waals surface area contributed by atoms with Crippen molar-refractivity contribution in [3.8, 4) is 0 Å². The van der Waals surface area contributed by atoms with Gasteiger partial charge in [-0.15, -0.1) is 0 Å². The van der Waals surface area contributed by atoms with Crippen LogP contribution < -0.4 is 10.8 Å². The van der Waals surface area contributed by atoms with Gasteiger partial charge in [-0.25, -0.2) is 4.39 Å². The molecule has 0 heterocycles. The molecule has 0 fully saturated rings. The zero-order chi connectivity index (χ0) is 16.6. The number of amides is 1. The lowest BCUT2D eigenvalue weighted by atomic mass is 10.3. The highest BCUT2D eigenvalue weighted by Crippen LogP contribution is 2.17. The van der Waals surface area contributed by atoms with E-state index in [4.69, 9.17) is 0 Å². The second-order valence-electron chi connectivity index (χ2n) is 3.84. The van der Waals surface area contributed by atoms with Gasteiger partial charge < -0.3 is 15.0 Å². The molecule has 1 rings (SSSR count). The molecular formula is C12H13F4N3O3. The summed E-state index contributed by atoms with van der Waals surface area (Å²) >= 11 is 0. The predicted molar refractivity (Wildman–Crippen MR) is 69.2 cm³/mol. The van der Waals surface area contributed by atoms with Crippen molar-refractivity contribution in [2.45, 2.75) is 12.6 Å². The third-order valence-corrected chi connectivity index (χ3v) is 2.14. The van der Waals surface area contributed by atoms with Gasteiger partial charge in [0.25, 0.3) is 0 Å². The smallest absolute Gasteiger partial charge is 0.392 e. The second-order valence-corrected chi connectivity index (χ2v) is 3.84. The molecule has 0 saturated heterocycles. The zero-order valence-corrected chi connectivity index (χ0v) is 11.4. The Bertz CT molecular complexity index is 517. The lowest BCUT2D eigenvalue weighted by molar-refractivity contribution is -0.117. The van der Waals surface area contributed by atoms with Crippen molar-refractivity contribution < 1.29 is 32.0 Å². The van der Waals surface area contributed by atoms with E-state index < -0.39 is 23.8 Å². The van der Waals surface area contributed by atoms with Crippen molar-refractivity contribution in [1.82, 2.24) is 5.48 Å². The Hall–Kier alpha value is -2.36. The van der Waals surface area contributed by atoms with Crippen molar-refractivity contribution in [3.05, 3.63) is 30.1 Å². The average Bonchev–Trinajstić information content (AvgIpc) is 2.43. The van der Waals surface area contributed by atoms with E-state index in [1.54, 1.807) is 0 Å². The molecule has 1 amide bonds. The number of alkyl halides is 3. The van der Waals surface area contributed by atoms with E-state index in [9.17, 15) is 22.4 Å². The normalized spacial score (nSPS) is 12.0. The van der Waals surface area contributed by atoms with Crippen LogP contribution in [-0.4, -0.2) is 31.6 Å². The van der Waals surface area contributed by atoms with E-state index in [-0.39, 0.29) is 13.0 Å². The fourth-order valence-corrected chi connectivity index (χ4v) is 1.22. The van der Waals surface area contributed by atoms with Crippen LogP contribution in [0, 0.1) is 5.82 Å². The Morgan fingerprint density at radius 2 is 1.91 bits per heavy atom. The number of rotatable bonds is 6. The summed E-state index contributed by atoms with van der Waals surface area (Å²) in [5, 5.41) is 5.17. The summed E-state index contributed by atoms with van der Waals surface area (Å²) in [5.74, 6) is -2.60. The van der Waals surface area contributed by atoms with Gasteiger partial charge in [-0.1, -0.05) is 0 Å². The van der Waals surface area contributed by atoms with E-state index >= 15 is 0 Å². The maximum absolute atomic E-state index is 12.7. The number of oxime groups is 1. The summed E-state index contributed by atoms with van der Waals surface area (Å²) < 4.78 is 49.6. The van der Waals surface area contributed by atoms with Crippen LogP contribution in [-0.2, 0) is 14.5 Å². The third-order valence-electron chi connectivity index (χ3n) is 2.14. The van der Waals surface area contributed by atoms with Gasteiger partial charge in [0.1, 0.15) is 12.4 Å². The van der Waals surface area contributed by atoms with E-state index in [1.807, 2.05) is 5.48 Å². The first-order valence-corrected chi connectivity index (χ1v) is 5.99. The molecule has 0 bridgehead atoms. The minimum Gasteiger partial charge on any atom is -0.392 e. The summed E-state index contributed by atoms with van der Waals surface area (Å²) in [4.78, 5) is 19.9. The third kappa shape index (κ3) is 6.39. The molecule has 1 aromatic rings. The average molecular weight is 323 g/mol. The fraction of sp³-hybridized carbons (Fsp3) is 0.333. The van der Waals surface area contributed by atoms with Gasteiger partial charge in [0.2, 0.25) is 5.91 Å². The van der Waals surface area contributed by atoms with Gasteiger partial charge in [0.05, 0.1) is 6.42 Å². The first-order chi connectivity index (χ1) is 10.3. The monoisotopic (exact) mass is 323 g/mol. The van der Waals surface area contributed by atoms with Crippen LogP contribution in [0.1, 0.15) is 6.42 Å². The Morgan fingerprint density at radius 3 is 2.45 bits per heavy atom. The van der Waals surface area contributed by atoms with Gasteiger partial charge in [-0.05, 0) is 29.4 Å². The number of nitrogens with one attached hydrogen (secondary N) is 2. The number of benzene rings is 1. The molecule has 0 aliphatic rings. The largest absolute Gasteiger partial charge is 0.473 e. The molecule has 10 heteroatoms. The van der Waals surface area contributed by atoms with Gasteiger partial charge >= 0.3 is 12.1 Å². The highest BCUT2D eigenvalue weighted by Gasteiger charge is 2.39. The quantitative estimate of drug-likeness (QED) is 0.277. The number of nitrogens with zero attached hydrogens (tertiary/aromatic N) is 1. The molecule has 0 spiro atoms. The maximum atomic E-state index is 12.7. The van der Waals surface area contributed by atoms with Crippen LogP contribution >= 0.6 is 0 Å². The van der Waals surface area contributed by atoms with Crippen molar-refractivity contribution in [2.75, 3.05) is 19.0 Å². The SMILES string of the molecule is CNO/C(=N\OCCC(=O)Nc1ccc(F)cc1)C(F)(F)F. The first kappa shape index (κ1) is 17.7. The van der Waals surface area contributed by atoms with Gasteiger partial charge in [0.15, 0.2) is 0 Å². The lowest BCUT2D eigenvalue weighted by Crippen LogP contribution is -2.30. The molecule has 6 nitrogen and oxygen atoms in total. The maximum Gasteiger partial charge on any atom is 0.473 e. The van der Waals surface area contributed by atoms with Crippen LogP contribution in [0.5, 0.6) is 0 Å². The summed E-state index contributed by atoms with van der Waals surface area (Å²) in [7, 11) is 1.12. The van der Waals surface area contributed by atoms with Crippen LogP contribution in [0.3, 0.4) is 0 Å². The number of anilines is 1. The lowest BCUT2D eigenvalue weighted by Gasteiger charge is -2.09. The van der Waals surface area contributed by atoms with E-state index in [2.05, 4.69) is 20.1 Å². The van der Waals surface area contributed by atoms with Gasteiger partial charge in [-0.2, -0.15) is 18.7 Å². The summed E-state index contributed by atoms with van der Waals surface area (Å²) in [6.45, 7) is -0.389. The molecular weight excluding hydrogens is 310 g/mol. The Labute approximate surface area is 123 Å². The topological polar surface area (TPSA) is 71.9 Å². The molecule has 0 aliphatic heterocycles. The highest BCUT2D eigenvalue weighted by atomic mass is 19.4. The second kappa shape index (κ2) is 8.17. The minimum atomic E-state index is -4.82. The van der Waals surface area contributed by atoms with Gasteiger partial charge in [-0.3, -0.25) is 4.79 Å². The van der Waals surface area contributed by atoms with E-state index in [0.29, 0.717) is 5.69 Å².